The standard InChI is InChI=1S/C14H23N.C14H22/c1-13(2,3)10-11-7-8-15-12(9-11)14(4,5)6;1-13(2,3)11-8-7-9-12(10-11)14(4,5)6/h7-9H,10H2,1-6H3;7-10H,1-6H3. The lowest BCUT2D eigenvalue weighted by Gasteiger charge is -2.24. The zero-order valence-corrected chi connectivity index (χ0v) is 21.2. The molecule has 0 amide bonds. The molecule has 0 saturated heterocycles. The van der Waals surface area contributed by atoms with E-state index >= 15 is 0 Å². The lowest BCUT2D eigenvalue weighted by molar-refractivity contribution is 0.410. The minimum atomic E-state index is 0.147. The highest BCUT2D eigenvalue weighted by Crippen LogP contribution is 2.28. The van der Waals surface area contributed by atoms with Gasteiger partial charge in [-0.3, -0.25) is 4.98 Å². The number of aromatic nitrogens is 1. The van der Waals surface area contributed by atoms with Crippen LogP contribution in [0.2, 0.25) is 0 Å². The van der Waals surface area contributed by atoms with E-state index in [-0.39, 0.29) is 16.2 Å². The monoisotopic (exact) mass is 395 g/mol. The first-order chi connectivity index (χ1) is 12.9. The van der Waals surface area contributed by atoms with Gasteiger partial charge in [-0.25, -0.2) is 0 Å². The summed E-state index contributed by atoms with van der Waals surface area (Å²) < 4.78 is 0. The van der Waals surface area contributed by atoms with Crippen LogP contribution in [0.4, 0.5) is 0 Å². The SMILES string of the molecule is CC(C)(C)Cc1ccnc(C(C)(C)C)c1.CC(C)(C)c1cccc(C(C)(C)C)c1. The minimum Gasteiger partial charge on any atom is -0.261 e. The summed E-state index contributed by atoms with van der Waals surface area (Å²) in [5.41, 5.74) is 6.41. The Morgan fingerprint density at radius 1 is 0.621 bits per heavy atom. The molecule has 2 aromatic rings. The largest absolute Gasteiger partial charge is 0.261 e. The van der Waals surface area contributed by atoms with E-state index < -0.39 is 0 Å². The molecular formula is C28H45N. The fraction of sp³-hybridized carbons (Fsp3) is 0.607. The van der Waals surface area contributed by atoms with Gasteiger partial charge in [-0.1, -0.05) is 107 Å². The van der Waals surface area contributed by atoms with Crippen LogP contribution in [0, 0.1) is 5.41 Å². The highest BCUT2D eigenvalue weighted by Gasteiger charge is 2.19. The Bertz CT molecular complexity index is 742. The topological polar surface area (TPSA) is 12.9 Å². The van der Waals surface area contributed by atoms with E-state index in [0.717, 1.165) is 6.42 Å². The Hall–Kier alpha value is -1.63. The quantitative estimate of drug-likeness (QED) is 0.473. The predicted molar refractivity (Wildman–Crippen MR) is 130 cm³/mol. The molecule has 0 aliphatic heterocycles. The summed E-state index contributed by atoms with van der Waals surface area (Å²) in [5.74, 6) is 0. The van der Waals surface area contributed by atoms with Crippen LogP contribution >= 0.6 is 0 Å². The molecule has 0 spiro atoms. The van der Waals surface area contributed by atoms with Gasteiger partial charge < -0.3 is 0 Å². The Kier molecular flexibility index (Phi) is 7.91. The van der Waals surface area contributed by atoms with E-state index in [1.807, 2.05) is 6.20 Å². The van der Waals surface area contributed by atoms with Gasteiger partial charge in [0.2, 0.25) is 0 Å². The molecular weight excluding hydrogens is 350 g/mol. The van der Waals surface area contributed by atoms with Gasteiger partial charge in [0.1, 0.15) is 0 Å². The number of rotatable bonds is 1. The van der Waals surface area contributed by atoms with E-state index in [9.17, 15) is 0 Å². The maximum Gasteiger partial charge on any atom is 0.0459 e. The normalized spacial score (nSPS) is 13.0. The third kappa shape index (κ3) is 9.15. The number of hydrogen-bond acceptors (Lipinski definition) is 1. The number of nitrogens with zero attached hydrogens (tertiary/aromatic N) is 1. The molecule has 29 heavy (non-hydrogen) atoms. The van der Waals surface area contributed by atoms with Crippen molar-refractivity contribution < 1.29 is 0 Å². The van der Waals surface area contributed by atoms with Crippen molar-refractivity contribution in [2.75, 3.05) is 0 Å². The van der Waals surface area contributed by atoms with Gasteiger partial charge in [-0.05, 0) is 51.5 Å². The van der Waals surface area contributed by atoms with Crippen molar-refractivity contribution in [2.45, 2.75) is 106 Å². The highest BCUT2D eigenvalue weighted by molar-refractivity contribution is 5.32. The summed E-state index contributed by atoms with van der Waals surface area (Å²) in [4.78, 5) is 4.44. The first-order valence-electron chi connectivity index (χ1n) is 11.0. The van der Waals surface area contributed by atoms with Gasteiger partial charge in [-0.2, -0.15) is 0 Å². The third-order valence-electron chi connectivity index (χ3n) is 4.92. The molecule has 0 aliphatic rings. The van der Waals surface area contributed by atoms with Crippen LogP contribution in [-0.2, 0) is 22.7 Å². The van der Waals surface area contributed by atoms with Gasteiger partial charge in [-0.15, -0.1) is 0 Å². The van der Waals surface area contributed by atoms with E-state index in [0.29, 0.717) is 5.41 Å². The van der Waals surface area contributed by atoms with Crippen LogP contribution in [0.1, 0.15) is 105 Å². The van der Waals surface area contributed by atoms with Crippen LogP contribution in [0.3, 0.4) is 0 Å². The van der Waals surface area contributed by atoms with Gasteiger partial charge in [0.25, 0.3) is 0 Å². The first kappa shape index (κ1) is 25.4. The van der Waals surface area contributed by atoms with Gasteiger partial charge >= 0.3 is 0 Å². The second-order valence-electron chi connectivity index (χ2n) is 12.6. The van der Waals surface area contributed by atoms with Crippen molar-refractivity contribution in [3.8, 4) is 0 Å². The van der Waals surface area contributed by atoms with Gasteiger partial charge in [0, 0.05) is 17.3 Å². The Morgan fingerprint density at radius 2 is 1.10 bits per heavy atom. The highest BCUT2D eigenvalue weighted by atomic mass is 14.7. The van der Waals surface area contributed by atoms with E-state index in [1.54, 1.807) is 0 Å². The molecule has 2 rings (SSSR count). The number of pyridine rings is 1. The second-order valence-corrected chi connectivity index (χ2v) is 12.6. The summed E-state index contributed by atoms with van der Waals surface area (Å²) in [6.07, 6.45) is 3.04. The lowest BCUT2D eigenvalue weighted by atomic mass is 9.81. The van der Waals surface area contributed by atoms with E-state index in [2.05, 4.69) is 124 Å². The molecule has 1 aromatic heterocycles. The predicted octanol–water partition coefficient (Wildman–Crippen LogP) is 8.25. The van der Waals surface area contributed by atoms with Crippen LogP contribution in [0.15, 0.2) is 42.6 Å². The van der Waals surface area contributed by atoms with Gasteiger partial charge in [0.05, 0.1) is 0 Å². The molecule has 0 unspecified atom stereocenters. The van der Waals surface area contributed by atoms with Crippen LogP contribution in [-0.4, -0.2) is 4.98 Å². The summed E-state index contributed by atoms with van der Waals surface area (Å²) in [5, 5.41) is 0. The van der Waals surface area contributed by atoms with Crippen LogP contribution in [0.25, 0.3) is 0 Å². The molecule has 162 valence electrons. The number of hydrogen-bond donors (Lipinski definition) is 0. The van der Waals surface area contributed by atoms with Crippen molar-refractivity contribution in [1.82, 2.24) is 4.98 Å². The molecule has 0 atom stereocenters. The van der Waals surface area contributed by atoms with Crippen molar-refractivity contribution >= 4 is 0 Å². The minimum absolute atomic E-state index is 0.147. The smallest absolute Gasteiger partial charge is 0.0459 e. The zero-order valence-electron chi connectivity index (χ0n) is 21.2. The van der Waals surface area contributed by atoms with Crippen molar-refractivity contribution in [2.24, 2.45) is 5.41 Å². The molecule has 1 heterocycles. The van der Waals surface area contributed by atoms with E-state index in [4.69, 9.17) is 0 Å². The summed E-state index contributed by atoms with van der Waals surface area (Å²) in [6, 6.07) is 13.3. The van der Waals surface area contributed by atoms with Crippen LogP contribution < -0.4 is 0 Å². The summed E-state index contributed by atoms with van der Waals surface area (Å²) in [6.45, 7) is 27.0. The second kappa shape index (κ2) is 9.02. The number of benzene rings is 1. The lowest BCUT2D eigenvalue weighted by Crippen LogP contribution is -2.15. The average molecular weight is 396 g/mol. The van der Waals surface area contributed by atoms with Gasteiger partial charge in [0.15, 0.2) is 0 Å². The molecule has 0 fully saturated rings. The molecule has 1 aromatic carbocycles. The fourth-order valence-electron chi connectivity index (χ4n) is 3.06. The summed E-state index contributed by atoms with van der Waals surface area (Å²) in [7, 11) is 0. The molecule has 1 nitrogen and oxygen atoms in total. The Labute approximate surface area is 181 Å². The molecule has 0 bridgehead atoms. The zero-order chi connectivity index (χ0) is 22.7. The Balaban J connectivity index is 0.000000291. The van der Waals surface area contributed by atoms with Crippen molar-refractivity contribution in [1.29, 1.82) is 0 Å². The fourth-order valence-corrected chi connectivity index (χ4v) is 3.06. The molecule has 1 heteroatoms. The van der Waals surface area contributed by atoms with Crippen molar-refractivity contribution in [3.05, 3.63) is 65.0 Å². The summed E-state index contributed by atoms with van der Waals surface area (Å²) >= 11 is 0. The van der Waals surface area contributed by atoms with Crippen LogP contribution in [0.5, 0.6) is 0 Å². The first-order valence-corrected chi connectivity index (χ1v) is 11.0. The maximum absolute atomic E-state index is 4.44. The molecule has 0 N–H and O–H groups in total. The molecule has 0 saturated carbocycles. The van der Waals surface area contributed by atoms with Crippen molar-refractivity contribution in [3.63, 3.8) is 0 Å². The maximum atomic E-state index is 4.44. The molecule has 0 aliphatic carbocycles. The third-order valence-corrected chi connectivity index (χ3v) is 4.92. The average Bonchev–Trinajstić information content (AvgIpc) is 2.52. The molecule has 0 radical (unpaired) electrons. The Morgan fingerprint density at radius 3 is 1.48 bits per heavy atom. The van der Waals surface area contributed by atoms with E-state index in [1.165, 1.54) is 22.4 Å².